The molecular formula is C17H18O2. The summed E-state index contributed by atoms with van der Waals surface area (Å²) in [5.41, 5.74) is 2.18. The molecule has 2 aromatic carbocycles. The van der Waals surface area contributed by atoms with Gasteiger partial charge >= 0.3 is 5.97 Å². The molecule has 0 N–H and O–H groups in total. The van der Waals surface area contributed by atoms with E-state index in [2.05, 4.69) is 19.1 Å². The van der Waals surface area contributed by atoms with Crippen LogP contribution >= 0.6 is 0 Å². The van der Waals surface area contributed by atoms with Crippen molar-refractivity contribution in [1.82, 2.24) is 0 Å². The Morgan fingerprint density at radius 1 is 1.00 bits per heavy atom. The molecule has 0 aliphatic carbocycles. The molecule has 19 heavy (non-hydrogen) atoms. The Morgan fingerprint density at radius 2 is 1.58 bits per heavy atom. The van der Waals surface area contributed by atoms with E-state index >= 15 is 0 Å². The van der Waals surface area contributed by atoms with Crippen molar-refractivity contribution in [3.8, 4) is 0 Å². The van der Waals surface area contributed by atoms with Crippen molar-refractivity contribution in [2.24, 2.45) is 0 Å². The molecule has 0 bridgehead atoms. The summed E-state index contributed by atoms with van der Waals surface area (Å²) in [5.74, 6) is 0.0508. The normalized spacial score (nSPS) is 11.8. The van der Waals surface area contributed by atoms with Gasteiger partial charge < -0.3 is 4.74 Å². The highest BCUT2D eigenvalue weighted by Gasteiger charge is 2.09. The number of carbonyl (C=O) groups excluding carboxylic acids is 1. The number of rotatable bonds is 5. The van der Waals surface area contributed by atoms with E-state index in [9.17, 15) is 4.79 Å². The van der Waals surface area contributed by atoms with Crippen molar-refractivity contribution >= 4 is 5.97 Å². The van der Waals surface area contributed by atoms with Gasteiger partial charge in [0.1, 0.15) is 0 Å². The Hall–Kier alpha value is -2.09. The summed E-state index contributed by atoms with van der Waals surface area (Å²) < 4.78 is 5.32. The molecule has 2 rings (SSSR count). The molecule has 0 aliphatic heterocycles. The van der Waals surface area contributed by atoms with Gasteiger partial charge in [0.05, 0.1) is 13.0 Å². The Bertz CT molecular complexity index is 505. The molecule has 0 heterocycles. The molecule has 98 valence electrons. The number of ether oxygens (including phenoxy) is 1. The first-order chi connectivity index (χ1) is 9.25. The molecule has 0 fully saturated rings. The minimum Gasteiger partial charge on any atom is -0.465 e. The smallest absolute Gasteiger partial charge is 0.310 e. The topological polar surface area (TPSA) is 26.3 Å². The molecule has 1 atom stereocenters. The van der Waals surface area contributed by atoms with Crippen LogP contribution in [0, 0.1) is 0 Å². The Kier molecular flexibility index (Phi) is 4.73. The van der Waals surface area contributed by atoms with Crippen molar-refractivity contribution in [3.63, 3.8) is 0 Å². The van der Waals surface area contributed by atoms with Crippen molar-refractivity contribution in [2.45, 2.75) is 19.3 Å². The molecule has 0 aliphatic rings. The van der Waals surface area contributed by atoms with Gasteiger partial charge in [-0.05, 0) is 11.1 Å². The van der Waals surface area contributed by atoms with Gasteiger partial charge in [-0.2, -0.15) is 0 Å². The van der Waals surface area contributed by atoms with Crippen LogP contribution in [0.5, 0.6) is 0 Å². The lowest BCUT2D eigenvalue weighted by Crippen LogP contribution is -2.12. The minimum atomic E-state index is -0.172. The molecular weight excluding hydrogens is 236 g/mol. The Labute approximate surface area is 114 Å². The number of hydrogen-bond donors (Lipinski definition) is 0. The van der Waals surface area contributed by atoms with Crippen molar-refractivity contribution in [2.75, 3.05) is 6.61 Å². The van der Waals surface area contributed by atoms with Crippen molar-refractivity contribution in [1.29, 1.82) is 0 Å². The predicted molar refractivity (Wildman–Crippen MR) is 76.0 cm³/mol. The molecule has 2 aromatic rings. The monoisotopic (exact) mass is 254 g/mol. The molecule has 2 nitrogen and oxygen atoms in total. The highest BCUT2D eigenvalue weighted by molar-refractivity contribution is 5.72. The third kappa shape index (κ3) is 4.25. The second kappa shape index (κ2) is 6.74. The van der Waals surface area contributed by atoms with E-state index in [1.54, 1.807) is 0 Å². The summed E-state index contributed by atoms with van der Waals surface area (Å²) in [6.45, 7) is 2.49. The van der Waals surface area contributed by atoms with Crippen LogP contribution in [-0.4, -0.2) is 12.6 Å². The van der Waals surface area contributed by atoms with Crippen LogP contribution in [0.4, 0.5) is 0 Å². The number of benzene rings is 2. The third-order valence-electron chi connectivity index (χ3n) is 3.05. The number of carbonyl (C=O) groups is 1. The molecule has 0 unspecified atom stereocenters. The highest BCUT2D eigenvalue weighted by atomic mass is 16.5. The maximum atomic E-state index is 11.7. The maximum Gasteiger partial charge on any atom is 0.310 e. The standard InChI is InChI=1S/C17H18O2/c1-14(16-10-6-3-7-11-16)13-19-17(18)12-15-8-4-2-5-9-15/h2-11,14H,12-13H2,1H3/t14-/m0/s1. The average molecular weight is 254 g/mol. The number of esters is 1. The largest absolute Gasteiger partial charge is 0.465 e. The first-order valence-electron chi connectivity index (χ1n) is 6.50. The van der Waals surface area contributed by atoms with Crippen molar-refractivity contribution < 1.29 is 9.53 Å². The van der Waals surface area contributed by atoms with Gasteiger partial charge in [-0.25, -0.2) is 0 Å². The zero-order chi connectivity index (χ0) is 13.5. The quantitative estimate of drug-likeness (QED) is 0.762. The molecule has 0 spiro atoms. The summed E-state index contributed by atoms with van der Waals surface area (Å²) in [7, 11) is 0. The molecule has 0 aromatic heterocycles. The van der Waals surface area contributed by atoms with E-state index in [-0.39, 0.29) is 11.9 Å². The van der Waals surface area contributed by atoms with E-state index in [4.69, 9.17) is 4.74 Å². The molecule has 0 saturated carbocycles. The SMILES string of the molecule is C[C@@H](COC(=O)Cc1ccccc1)c1ccccc1. The summed E-state index contributed by atoms with van der Waals surface area (Å²) in [6, 6.07) is 19.7. The van der Waals surface area contributed by atoms with E-state index < -0.39 is 0 Å². The van der Waals surface area contributed by atoms with E-state index in [0.717, 1.165) is 5.56 Å². The van der Waals surface area contributed by atoms with Crippen LogP contribution in [0.15, 0.2) is 60.7 Å². The molecule has 0 amide bonds. The zero-order valence-electron chi connectivity index (χ0n) is 11.1. The Morgan fingerprint density at radius 3 is 2.21 bits per heavy atom. The van der Waals surface area contributed by atoms with E-state index in [1.165, 1.54) is 5.56 Å². The summed E-state index contributed by atoms with van der Waals surface area (Å²) in [4.78, 5) is 11.7. The van der Waals surface area contributed by atoms with Gasteiger partial charge in [0.2, 0.25) is 0 Å². The maximum absolute atomic E-state index is 11.7. The zero-order valence-corrected chi connectivity index (χ0v) is 11.1. The van der Waals surface area contributed by atoms with Crippen LogP contribution < -0.4 is 0 Å². The van der Waals surface area contributed by atoms with Gasteiger partial charge in [-0.3, -0.25) is 4.79 Å². The molecule has 2 heteroatoms. The second-order valence-electron chi connectivity index (χ2n) is 4.66. The third-order valence-corrected chi connectivity index (χ3v) is 3.05. The van der Waals surface area contributed by atoms with Crippen molar-refractivity contribution in [3.05, 3.63) is 71.8 Å². The van der Waals surface area contributed by atoms with Gasteiger partial charge in [0.15, 0.2) is 0 Å². The first kappa shape index (κ1) is 13.3. The van der Waals surface area contributed by atoms with Gasteiger partial charge in [0.25, 0.3) is 0 Å². The fraction of sp³-hybridized carbons (Fsp3) is 0.235. The van der Waals surface area contributed by atoms with Crippen LogP contribution in [0.1, 0.15) is 24.0 Å². The lowest BCUT2D eigenvalue weighted by molar-refractivity contribution is -0.143. The molecule has 0 saturated heterocycles. The summed E-state index contributed by atoms with van der Waals surface area (Å²) in [5, 5.41) is 0. The Balaban J connectivity index is 1.81. The highest BCUT2D eigenvalue weighted by Crippen LogP contribution is 2.15. The number of hydrogen-bond acceptors (Lipinski definition) is 2. The van der Waals surface area contributed by atoms with Crippen LogP contribution in [0.2, 0.25) is 0 Å². The van der Waals surface area contributed by atoms with E-state index in [1.807, 2.05) is 48.5 Å². The van der Waals surface area contributed by atoms with Crippen LogP contribution in [-0.2, 0) is 16.0 Å². The van der Waals surface area contributed by atoms with Gasteiger partial charge in [-0.1, -0.05) is 67.6 Å². The average Bonchev–Trinajstić information content (AvgIpc) is 2.47. The van der Waals surface area contributed by atoms with Gasteiger partial charge in [-0.15, -0.1) is 0 Å². The lowest BCUT2D eigenvalue weighted by atomic mass is 10.0. The van der Waals surface area contributed by atoms with Crippen LogP contribution in [0.3, 0.4) is 0 Å². The summed E-state index contributed by atoms with van der Waals surface area (Å²) >= 11 is 0. The fourth-order valence-electron chi connectivity index (χ4n) is 1.91. The minimum absolute atomic E-state index is 0.172. The lowest BCUT2D eigenvalue weighted by Gasteiger charge is -2.12. The summed E-state index contributed by atoms with van der Waals surface area (Å²) in [6.07, 6.45) is 0.336. The predicted octanol–water partition coefficient (Wildman–Crippen LogP) is 3.58. The fourth-order valence-corrected chi connectivity index (χ4v) is 1.91. The molecule has 0 radical (unpaired) electrons. The van der Waals surface area contributed by atoms with E-state index in [0.29, 0.717) is 13.0 Å². The second-order valence-corrected chi connectivity index (χ2v) is 4.66. The van der Waals surface area contributed by atoms with Gasteiger partial charge in [0, 0.05) is 5.92 Å². The van der Waals surface area contributed by atoms with Crippen LogP contribution in [0.25, 0.3) is 0 Å². The first-order valence-corrected chi connectivity index (χ1v) is 6.50.